The molecule has 4 N–H and O–H groups in total. The Morgan fingerprint density at radius 3 is 2.50 bits per heavy atom. The van der Waals surface area contributed by atoms with Gasteiger partial charge < -0.3 is 21.1 Å². The molecule has 20 heavy (non-hydrogen) atoms. The topological polar surface area (TPSA) is 98.7 Å². The fourth-order valence-electron chi connectivity index (χ4n) is 1.90. The summed E-state index contributed by atoms with van der Waals surface area (Å²) in [6.45, 7) is 4.24. The number of ether oxygens (including phenoxy) is 1. The van der Waals surface area contributed by atoms with Gasteiger partial charge in [0.2, 0.25) is 5.91 Å². The molecule has 0 radical (unpaired) electrons. The number of nitrogens with zero attached hydrogens (tertiary/aromatic N) is 1. The summed E-state index contributed by atoms with van der Waals surface area (Å²) in [5.41, 5.74) is 11.7. The molecule has 0 heterocycles. The van der Waals surface area contributed by atoms with Crippen LogP contribution in [0.25, 0.3) is 0 Å². The smallest absolute Gasteiger partial charge is 0.258 e. The number of hydrogen-bond donors (Lipinski definition) is 2. The van der Waals surface area contributed by atoms with E-state index in [0.29, 0.717) is 23.5 Å². The summed E-state index contributed by atoms with van der Waals surface area (Å²) in [6.07, 6.45) is 0. The third-order valence-electron chi connectivity index (χ3n) is 2.68. The second kappa shape index (κ2) is 6.79. The number of rotatable bonds is 6. The van der Waals surface area contributed by atoms with Gasteiger partial charge in [-0.2, -0.15) is 0 Å². The van der Waals surface area contributed by atoms with Gasteiger partial charge in [0.1, 0.15) is 5.75 Å². The molecule has 0 spiro atoms. The second-order valence-corrected chi connectivity index (χ2v) is 5.01. The first kappa shape index (κ1) is 15.8. The molecule has 1 rings (SSSR count). The zero-order chi connectivity index (χ0) is 15.3. The van der Waals surface area contributed by atoms with Crippen LogP contribution in [0.5, 0.6) is 5.75 Å². The Kier molecular flexibility index (Phi) is 5.37. The molecule has 0 saturated heterocycles. The average Bonchev–Trinajstić information content (AvgIpc) is 2.35. The summed E-state index contributed by atoms with van der Waals surface area (Å²) in [5, 5.41) is 0. The number of benzene rings is 1. The first-order valence-electron chi connectivity index (χ1n) is 6.36. The maximum Gasteiger partial charge on any atom is 0.258 e. The van der Waals surface area contributed by atoms with Gasteiger partial charge in [-0.1, -0.05) is 13.8 Å². The number of carbonyl (C=O) groups excluding carboxylic acids is 2. The van der Waals surface area contributed by atoms with E-state index in [1.54, 1.807) is 18.2 Å². The molecule has 0 unspecified atom stereocenters. The number of anilines is 1. The van der Waals surface area contributed by atoms with E-state index in [1.165, 1.54) is 12.0 Å². The Morgan fingerprint density at radius 1 is 1.35 bits per heavy atom. The van der Waals surface area contributed by atoms with Crippen molar-refractivity contribution >= 4 is 17.5 Å². The summed E-state index contributed by atoms with van der Waals surface area (Å²) < 4.78 is 5.16. The van der Waals surface area contributed by atoms with Crippen molar-refractivity contribution in [1.82, 2.24) is 4.90 Å². The Hall–Kier alpha value is -2.24. The molecular formula is C14H21N3O3. The molecule has 110 valence electrons. The quantitative estimate of drug-likeness (QED) is 0.754. The van der Waals surface area contributed by atoms with E-state index in [0.717, 1.165) is 0 Å². The van der Waals surface area contributed by atoms with Crippen LogP contribution >= 0.6 is 0 Å². The van der Waals surface area contributed by atoms with Crippen LogP contribution in [0.4, 0.5) is 5.69 Å². The zero-order valence-corrected chi connectivity index (χ0v) is 12.1. The number of nitrogens with two attached hydrogens (primary N) is 2. The van der Waals surface area contributed by atoms with Crippen LogP contribution in [-0.2, 0) is 4.79 Å². The minimum Gasteiger partial charge on any atom is -0.496 e. The van der Waals surface area contributed by atoms with Crippen molar-refractivity contribution in [3.8, 4) is 5.75 Å². The summed E-state index contributed by atoms with van der Waals surface area (Å²) in [4.78, 5) is 25.0. The normalized spacial score (nSPS) is 10.4. The van der Waals surface area contributed by atoms with Gasteiger partial charge in [-0.05, 0) is 18.1 Å². The molecule has 0 aromatic heterocycles. The third-order valence-corrected chi connectivity index (χ3v) is 2.68. The molecular weight excluding hydrogens is 258 g/mol. The molecule has 0 aliphatic heterocycles. The molecule has 0 fully saturated rings. The van der Waals surface area contributed by atoms with Crippen molar-refractivity contribution in [2.45, 2.75) is 13.8 Å². The lowest BCUT2D eigenvalue weighted by atomic mass is 10.1. The number of amides is 2. The first-order chi connectivity index (χ1) is 9.35. The van der Waals surface area contributed by atoms with Gasteiger partial charge in [0.25, 0.3) is 5.91 Å². The molecule has 6 nitrogen and oxygen atoms in total. The molecule has 0 aliphatic carbocycles. The lowest BCUT2D eigenvalue weighted by molar-refractivity contribution is -0.118. The molecule has 2 amide bonds. The second-order valence-electron chi connectivity index (χ2n) is 5.01. The standard InChI is InChI=1S/C14H21N3O3/c1-9(2)7-17(8-13(16)18)14(19)11-5-4-10(15)6-12(11)20-3/h4-6,9H,7-8,15H2,1-3H3,(H2,16,18). The summed E-state index contributed by atoms with van der Waals surface area (Å²) in [7, 11) is 1.46. The van der Waals surface area contributed by atoms with E-state index < -0.39 is 5.91 Å². The fraction of sp³-hybridized carbons (Fsp3) is 0.429. The minimum atomic E-state index is -0.548. The van der Waals surface area contributed by atoms with Crippen LogP contribution in [0.2, 0.25) is 0 Å². The van der Waals surface area contributed by atoms with E-state index in [-0.39, 0.29) is 18.4 Å². The maximum absolute atomic E-state index is 12.5. The van der Waals surface area contributed by atoms with Crippen molar-refractivity contribution in [1.29, 1.82) is 0 Å². The number of hydrogen-bond acceptors (Lipinski definition) is 4. The molecule has 0 saturated carbocycles. The highest BCUT2D eigenvalue weighted by Gasteiger charge is 2.21. The third kappa shape index (κ3) is 4.15. The Labute approximate surface area is 118 Å². The lowest BCUT2D eigenvalue weighted by Crippen LogP contribution is -2.40. The SMILES string of the molecule is COc1cc(N)ccc1C(=O)N(CC(N)=O)CC(C)C. The van der Waals surface area contributed by atoms with Crippen LogP contribution in [-0.4, -0.2) is 36.9 Å². The van der Waals surface area contributed by atoms with Crippen molar-refractivity contribution in [3.05, 3.63) is 23.8 Å². The zero-order valence-electron chi connectivity index (χ0n) is 12.1. The van der Waals surface area contributed by atoms with E-state index in [2.05, 4.69) is 0 Å². The van der Waals surface area contributed by atoms with Crippen molar-refractivity contribution < 1.29 is 14.3 Å². The largest absolute Gasteiger partial charge is 0.496 e. The van der Waals surface area contributed by atoms with Gasteiger partial charge >= 0.3 is 0 Å². The summed E-state index contributed by atoms with van der Waals surface area (Å²) in [5.74, 6) is -0.242. The van der Waals surface area contributed by atoms with Gasteiger partial charge in [-0.25, -0.2) is 0 Å². The van der Waals surface area contributed by atoms with Gasteiger partial charge in [0.05, 0.1) is 19.2 Å². The van der Waals surface area contributed by atoms with Crippen molar-refractivity contribution in [2.24, 2.45) is 11.7 Å². The first-order valence-corrected chi connectivity index (χ1v) is 6.36. The average molecular weight is 279 g/mol. The molecule has 0 atom stereocenters. The monoisotopic (exact) mass is 279 g/mol. The van der Waals surface area contributed by atoms with Gasteiger partial charge in [0, 0.05) is 18.3 Å². The lowest BCUT2D eigenvalue weighted by Gasteiger charge is -2.24. The molecule has 6 heteroatoms. The van der Waals surface area contributed by atoms with E-state index in [4.69, 9.17) is 16.2 Å². The highest BCUT2D eigenvalue weighted by Crippen LogP contribution is 2.23. The fourth-order valence-corrected chi connectivity index (χ4v) is 1.90. The van der Waals surface area contributed by atoms with Crippen molar-refractivity contribution in [2.75, 3.05) is 25.9 Å². The highest BCUT2D eigenvalue weighted by atomic mass is 16.5. The molecule has 1 aromatic rings. The number of primary amides is 1. The van der Waals surface area contributed by atoms with E-state index in [1.807, 2.05) is 13.8 Å². The highest BCUT2D eigenvalue weighted by molar-refractivity contribution is 5.99. The predicted octanol–water partition coefficient (Wildman–Crippen LogP) is 0.861. The van der Waals surface area contributed by atoms with Crippen LogP contribution in [0.15, 0.2) is 18.2 Å². The van der Waals surface area contributed by atoms with Crippen LogP contribution in [0, 0.1) is 5.92 Å². The summed E-state index contributed by atoms with van der Waals surface area (Å²) >= 11 is 0. The Bertz CT molecular complexity index is 500. The summed E-state index contributed by atoms with van der Waals surface area (Å²) in [6, 6.07) is 4.78. The number of carbonyl (C=O) groups is 2. The van der Waals surface area contributed by atoms with Crippen LogP contribution in [0.1, 0.15) is 24.2 Å². The molecule has 0 aliphatic rings. The van der Waals surface area contributed by atoms with Gasteiger partial charge in [-0.3, -0.25) is 9.59 Å². The van der Waals surface area contributed by atoms with Crippen molar-refractivity contribution in [3.63, 3.8) is 0 Å². The Balaban J connectivity index is 3.07. The van der Waals surface area contributed by atoms with Gasteiger partial charge in [0.15, 0.2) is 0 Å². The Morgan fingerprint density at radius 2 is 2.00 bits per heavy atom. The van der Waals surface area contributed by atoms with Crippen LogP contribution in [0.3, 0.4) is 0 Å². The van der Waals surface area contributed by atoms with E-state index in [9.17, 15) is 9.59 Å². The van der Waals surface area contributed by atoms with Crippen LogP contribution < -0.4 is 16.2 Å². The number of methoxy groups -OCH3 is 1. The molecule has 0 bridgehead atoms. The maximum atomic E-state index is 12.5. The minimum absolute atomic E-state index is 0.120. The van der Waals surface area contributed by atoms with E-state index >= 15 is 0 Å². The predicted molar refractivity (Wildman–Crippen MR) is 77.3 cm³/mol. The number of nitrogen functional groups attached to an aromatic ring is 1. The molecule has 1 aromatic carbocycles. The van der Waals surface area contributed by atoms with Gasteiger partial charge in [-0.15, -0.1) is 0 Å².